The maximum absolute atomic E-state index is 5.50. The highest BCUT2D eigenvalue weighted by atomic mass is 32.1. The Hall–Kier alpha value is -0.720. The molecule has 0 atom stereocenters. The van der Waals surface area contributed by atoms with Crippen molar-refractivity contribution in [2.24, 2.45) is 0 Å². The fraction of sp³-hybridized carbons (Fsp3) is 0.750. The van der Waals surface area contributed by atoms with Crippen LogP contribution in [0.4, 0.5) is 5.13 Å². The lowest BCUT2D eigenvalue weighted by atomic mass is 10.5. The first kappa shape index (κ1) is 11.4. The molecule has 0 unspecified atom stereocenters. The van der Waals surface area contributed by atoms with Gasteiger partial charge in [0, 0.05) is 13.7 Å². The van der Waals surface area contributed by atoms with Crippen molar-refractivity contribution < 1.29 is 4.74 Å². The van der Waals surface area contributed by atoms with Crippen LogP contribution in [0.15, 0.2) is 0 Å². The third-order valence-electron chi connectivity index (χ3n) is 1.90. The monoisotopic (exact) mass is 216 g/mol. The number of ether oxygens (including phenoxy) is 1. The molecule has 0 fully saturated rings. The van der Waals surface area contributed by atoms with Gasteiger partial charge in [0.25, 0.3) is 0 Å². The van der Waals surface area contributed by atoms with E-state index in [2.05, 4.69) is 22.0 Å². The van der Waals surface area contributed by atoms with Crippen LogP contribution in [0.3, 0.4) is 0 Å². The second kappa shape index (κ2) is 5.90. The lowest BCUT2D eigenvalue weighted by Gasteiger charge is -2.17. The molecular weight excluding hydrogens is 200 g/mol. The molecule has 0 aliphatic rings. The van der Waals surface area contributed by atoms with Gasteiger partial charge >= 0.3 is 0 Å². The van der Waals surface area contributed by atoms with E-state index >= 15 is 0 Å². The number of nitrogens with zero attached hydrogens (tertiary/aromatic N) is 3. The van der Waals surface area contributed by atoms with Crippen LogP contribution in [0.1, 0.15) is 11.9 Å². The second-order valence-electron chi connectivity index (χ2n) is 2.90. The molecular formula is C8H16N4OS. The van der Waals surface area contributed by atoms with Crippen LogP contribution in [0.25, 0.3) is 0 Å². The van der Waals surface area contributed by atoms with E-state index in [0.29, 0.717) is 5.13 Å². The maximum atomic E-state index is 5.50. The first-order valence-corrected chi connectivity index (χ1v) is 5.37. The summed E-state index contributed by atoms with van der Waals surface area (Å²) in [6.07, 6.45) is 0. The fourth-order valence-electron chi connectivity index (χ4n) is 1.09. The summed E-state index contributed by atoms with van der Waals surface area (Å²) < 4.78 is 5.02. The van der Waals surface area contributed by atoms with Gasteiger partial charge in [-0.25, -0.2) is 0 Å². The van der Waals surface area contributed by atoms with Gasteiger partial charge in [0.05, 0.1) is 13.2 Å². The summed E-state index contributed by atoms with van der Waals surface area (Å²) in [6, 6.07) is 0. The van der Waals surface area contributed by atoms with Crippen molar-refractivity contribution in [2.45, 2.75) is 13.5 Å². The molecule has 14 heavy (non-hydrogen) atoms. The zero-order valence-electron chi connectivity index (χ0n) is 8.56. The van der Waals surface area contributed by atoms with Gasteiger partial charge in [-0.1, -0.05) is 18.3 Å². The molecule has 0 saturated heterocycles. The van der Waals surface area contributed by atoms with Crippen molar-refractivity contribution in [2.75, 3.05) is 32.5 Å². The molecule has 0 aromatic carbocycles. The molecule has 0 bridgehead atoms. The molecule has 1 aromatic rings. The largest absolute Gasteiger partial charge is 0.383 e. The molecule has 1 heterocycles. The van der Waals surface area contributed by atoms with Crippen LogP contribution in [-0.2, 0) is 11.3 Å². The quantitative estimate of drug-likeness (QED) is 0.754. The standard InChI is InChI=1S/C8H16N4OS/c1-3-12(4-5-13-2)6-7-10-11-8(9)14-7/h3-6H2,1-2H3,(H2,9,11). The lowest BCUT2D eigenvalue weighted by molar-refractivity contribution is 0.147. The number of aromatic nitrogens is 2. The minimum atomic E-state index is 0.530. The number of hydrogen-bond acceptors (Lipinski definition) is 6. The van der Waals surface area contributed by atoms with E-state index in [1.807, 2.05) is 0 Å². The Morgan fingerprint density at radius 2 is 2.29 bits per heavy atom. The van der Waals surface area contributed by atoms with Crippen LogP contribution in [0, 0.1) is 0 Å². The SMILES string of the molecule is CCN(CCOC)Cc1nnc(N)s1. The summed E-state index contributed by atoms with van der Waals surface area (Å²) >= 11 is 1.44. The minimum Gasteiger partial charge on any atom is -0.383 e. The Bertz CT molecular complexity index is 266. The Labute approximate surface area is 87.9 Å². The highest BCUT2D eigenvalue weighted by Crippen LogP contribution is 2.12. The van der Waals surface area contributed by atoms with Crippen molar-refractivity contribution >= 4 is 16.5 Å². The number of anilines is 1. The molecule has 2 N–H and O–H groups in total. The van der Waals surface area contributed by atoms with Gasteiger partial charge < -0.3 is 10.5 Å². The van der Waals surface area contributed by atoms with Gasteiger partial charge in [-0.2, -0.15) is 0 Å². The molecule has 0 spiro atoms. The number of nitrogens with two attached hydrogens (primary N) is 1. The summed E-state index contributed by atoms with van der Waals surface area (Å²) in [6.45, 7) is 5.53. The van der Waals surface area contributed by atoms with Crippen molar-refractivity contribution in [1.29, 1.82) is 0 Å². The van der Waals surface area contributed by atoms with Crippen LogP contribution >= 0.6 is 11.3 Å². The summed E-state index contributed by atoms with van der Waals surface area (Å²) in [5.74, 6) is 0. The van der Waals surface area contributed by atoms with Crippen molar-refractivity contribution in [3.63, 3.8) is 0 Å². The smallest absolute Gasteiger partial charge is 0.203 e. The summed E-state index contributed by atoms with van der Waals surface area (Å²) in [4.78, 5) is 2.24. The molecule has 0 aliphatic heterocycles. The van der Waals surface area contributed by atoms with Crippen molar-refractivity contribution in [3.05, 3.63) is 5.01 Å². The average Bonchev–Trinajstić information content (AvgIpc) is 2.58. The lowest BCUT2D eigenvalue weighted by Crippen LogP contribution is -2.26. The van der Waals surface area contributed by atoms with E-state index in [4.69, 9.17) is 10.5 Å². The topological polar surface area (TPSA) is 64.3 Å². The Balaban J connectivity index is 2.40. The number of methoxy groups -OCH3 is 1. The van der Waals surface area contributed by atoms with E-state index < -0.39 is 0 Å². The normalized spacial score (nSPS) is 11.1. The van der Waals surface area contributed by atoms with E-state index in [-0.39, 0.29) is 0 Å². The van der Waals surface area contributed by atoms with E-state index in [1.165, 1.54) is 11.3 Å². The molecule has 0 aliphatic carbocycles. The maximum Gasteiger partial charge on any atom is 0.203 e. The zero-order chi connectivity index (χ0) is 10.4. The van der Waals surface area contributed by atoms with Gasteiger partial charge in [-0.05, 0) is 6.54 Å². The van der Waals surface area contributed by atoms with Gasteiger partial charge in [0.15, 0.2) is 0 Å². The first-order valence-electron chi connectivity index (χ1n) is 4.55. The summed E-state index contributed by atoms with van der Waals surface area (Å²) in [5.41, 5.74) is 5.50. The number of nitrogen functional groups attached to an aromatic ring is 1. The van der Waals surface area contributed by atoms with E-state index in [1.54, 1.807) is 7.11 Å². The number of likely N-dealkylation sites (N-methyl/N-ethyl adjacent to an activating group) is 1. The highest BCUT2D eigenvalue weighted by Gasteiger charge is 2.07. The van der Waals surface area contributed by atoms with Gasteiger partial charge in [0.2, 0.25) is 5.13 Å². The van der Waals surface area contributed by atoms with Crippen LogP contribution in [0.2, 0.25) is 0 Å². The van der Waals surface area contributed by atoms with E-state index in [0.717, 1.165) is 31.2 Å². The third kappa shape index (κ3) is 3.57. The zero-order valence-corrected chi connectivity index (χ0v) is 9.38. The second-order valence-corrected chi connectivity index (χ2v) is 3.99. The first-order chi connectivity index (χ1) is 6.76. The van der Waals surface area contributed by atoms with Gasteiger partial charge in [-0.15, -0.1) is 10.2 Å². The predicted molar refractivity (Wildman–Crippen MR) is 57.1 cm³/mol. The van der Waals surface area contributed by atoms with Gasteiger partial charge in [0.1, 0.15) is 5.01 Å². The third-order valence-corrected chi connectivity index (χ3v) is 2.64. The fourth-order valence-corrected chi connectivity index (χ4v) is 1.74. The molecule has 80 valence electrons. The molecule has 0 radical (unpaired) electrons. The highest BCUT2D eigenvalue weighted by molar-refractivity contribution is 7.15. The van der Waals surface area contributed by atoms with E-state index in [9.17, 15) is 0 Å². The van der Waals surface area contributed by atoms with Crippen molar-refractivity contribution in [3.8, 4) is 0 Å². The molecule has 0 saturated carbocycles. The predicted octanol–water partition coefficient (Wildman–Crippen LogP) is 0.589. The Kier molecular flexibility index (Phi) is 4.78. The van der Waals surface area contributed by atoms with Crippen LogP contribution in [-0.4, -0.2) is 41.9 Å². The Morgan fingerprint density at radius 3 is 2.79 bits per heavy atom. The molecule has 0 amide bonds. The summed E-state index contributed by atoms with van der Waals surface area (Å²) in [5, 5.41) is 9.23. The van der Waals surface area contributed by atoms with Gasteiger partial charge in [-0.3, -0.25) is 4.90 Å². The molecule has 1 rings (SSSR count). The van der Waals surface area contributed by atoms with Crippen molar-refractivity contribution in [1.82, 2.24) is 15.1 Å². The molecule has 5 nitrogen and oxygen atoms in total. The Morgan fingerprint density at radius 1 is 1.50 bits per heavy atom. The minimum absolute atomic E-state index is 0.530. The average molecular weight is 216 g/mol. The number of rotatable bonds is 6. The molecule has 1 aromatic heterocycles. The summed E-state index contributed by atoms with van der Waals surface area (Å²) in [7, 11) is 1.71. The van der Waals surface area contributed by atoms with Crippen LogP contribution < -0.4 is 5.73 Å². The number of hydrogen-bond donors (Lipinski definition) is 1. The van der Waals surface area contributed by atoms with Crippen LogP contribution in [0.5, 0.6) is 0 Å². The molecule has 6 heteroatoms.